The first-order valence-corrected chi connectivity index (χ1v) is 8.15. The lowest BCUT2D eigenvalue weighted by molar-refractivity contribution is -0.117. The van der Waals surface area contributed by atoms with Crippen molar-refractivity contribution in [3.8, 4) is 0 Å². The van der Waals surface area contributed by atoms with Gasteiger partial charge in [0.2, 0.25) is 5.91 Å². The summed E-state index contributed by atoms with van der Waals surface area (Å²) in [5.74, 6) is 0.172. The van der Waals surface area contributed by atoms with Crippen LogP contribution in [0.4, 0.5) is 21.9 Å². The van der Waals surface area contributed by atoms with Gasteiger partial charge in [-0.25, -0.2) is 4.79 Å². The van der Waals surface area contributed by atoms with Gasteiger partial charge >= 0.3 is 6.03 Å². The molecule has 3 rings (SSSR count). The maximum Gasteiger partial charge on any atom is 0.323 e. The standard InChI is InChI=1S/C18H18ClN3O2/c1-11-15(21-17(23)12-8-9-12)6-3-7-16(11)22-18(24)20-14-5-2-4-13(19)10-14/h2-7,10,12H,8-9H2,1H3,(H,21,23)(H2,20,22,24). The molecule has 6 heteroatoms. The van der Waals surface area contributed by atoms with Crippen molar-refractivity contribution < 1.29 is 9.59 Å². The Morgan fingerprint density at radius 2 is 1.67 bits per heavy atom. The van der Waals surface area contributed by atoms with Crippen LogP contribution in [0.15, 0.2) is 42.5 Å². The van der Waals surface area contributed by atoms with Gasteiger partial charge in [-0.1, -0.05) is 23.7 Å². The molecule has 0 saturated heterocycles. The molecule has 1 fully saturated rings. The molecular formula is C18H18ClN3O2. The normalized spacial score (nSPS) is 13.2. The Kier molecular flexibility index (Phi) is 4.71. The van der Waals surface area contributed by atoms with Crippen LogP contribution in [0.1, 0.15) is 18.4 Å². The first-order valence-electron chi connectivity index (χ1n) is 7.77. The summed E-state index contributed by atoms with van der Waals surface area (Å²) in [6.07, 6.45) is 1.90. The van der Waals surface area contributed by atoms with Crippen LogP contribution in [0.25, 0.3) is 0 Å². The molecule has 0 spiro atoms. The highest BCUT2D eigenvalue weighted by Crippen LogP contribution is 2.31. The number of hydrogen-bond acceptors (Lipinski definition) is 2. The third-order valence-corrected chi connectivity index (χ3v) is 4.11. The van der Waals surface area contributed by atoms with E-state index >= 15 is 0 Å². The molecule has 0 atom stereocenters. The van der Waals surface area contributed by atoms with Crippen molar-refractivity contribution in [1.29, 1.82) is 0 Å². The number of rotatable bonds is 4. The van der Waals surface area contributed by atoms with Gasteiger partial charge in [0.15, 0.2) is 0 Å². The number of anilines is 3. The predicted molar refractivity (Wildman–Crippen MR) is 96.6 cm³/mol. The Morgan fingerprint density at radius 3 is 2.33 bits per heavy atom. The Bertz CT molecular complexity index is 788. The molecule has 0 unspecified atom stereocenters. The summed E-state index contributed by atoms with van der Waals surface area (Å²) < 4.78 is 0. The zero-order valence-electron chi connectivity index (χ0n) is 13.2. The van der Waals surface area contributed by atoms with Gasteiger partial charge in [0, 0.05) is 28.0 Å². The number of hydrogen-bond donors (Lipinski definition) is 3. The second kappa shape index (κ2) is 6.93. The third-order valence-electron chi connectivity index (χ3n) is 3.87. The Hall–Kier alpha value is -2.53. The highest BCUT2D eigenvalue weighted by atomic mass is 35.5. The molecule has 1 aliphatic carbocycles. The summed E-state index contributed by atoms with van der Waals surface area (Å²) in [7, 11) is 0. The molecule has 0 aliphatic heterocycles. The predicted octanol–water partition coefficient (Wildman–Crippen LogP) is 4.64. The molecule has 3 N–H and O–H groups in total. The van der Waals surface area contributed by atoms with Crippen molar-refractivity contribution in [3.63, 3.8) is 0 Å². The van der Waals surface area contributed by atoms with E-state index in [0.717, 1.165) is 18.4 Å². The first kappa shape index (κ1) is 16.3. The van der Waals surface area contributed by atoms with E-state index in [1.807, 2.05) is 13.0 Å². The second-order valence-corrected chi connectivity index (χ2v) is 6.27. The van der Waals surface area contributed by atoms with Crippen molar-refractivity contribution >= 4 is 40.6 Å². The quantitative estimate of drug-likeness (QED) is 0.756. The number of carbonyl (C=O) groups excluding carboxylic acids is 2. The summed E-state index contributed by atoms with van der Waals surface area (Å²) in [6, 6.07) is 12.0. The Labute approximate surface area is 145 Å². The van der Waals surface area contributed by atoms with E-state index in [4.69, 9.17) is 11.6 Å². The van der Waals surface area contributed by atoms with Crippen LogP contribution in [0, 0.1) is 12.8 Å². The Balaban J connectivity index is 1.67. The molecule has 24 heavy (non-hydrogen) atoms. The van der Waals surface area contributed by atoms with Crippen LogP contribution in [-0.2, 0) is 4.79 Å². The first-order chi connectivity index (χ1) is 11.5. The molecule has 1 aliphatic rings. The average molecular weight is 344 g/mol. The lowest BCUT2D eigenvalue weighted by Crippen LogP contribution is -2.20. The minimum atomic E-state index is -0.369. The fourth-order valence-electron chi connectivity index (χ4n) is 2.34. The van der Waals surface area contributed by atoms with Gasteiger partial charge in [-0.15, -0.1) is 0 Å². The van der Waals surface area contributed by atoms with Crippen LogP contribution < -0.4 is 16.0 Å². The van der Waals surface area contributed by atoms with Gasteiger partial charge in [-0.05, 0) is 55.7 Å². The summed E-state index contributed by atoms with van der Waals surface area (Å²) in [5, 5.41) is 8.98. The second-order valence-electron chi connectivity index (χ2n) is 5.83. The minimum Gasteiger partial charge on any atom is -0.326 e. The van der Waals surface area contributed by atoms with Gasteiger partial charge in [-0.2, -0.15) is 0 Å². The van der Waals surface area contributed by atoms with E-state index in [1.165, 1.54) is 0 Å². The van der Waals surface area contributed by atoms with Crippen LogP contribution >= 0.6 is 11.6 Å². The SMILES string of the molecule is Cc1c(NC(=O)Nc2cccc(Cl)c2)cccc1NC(=O)C1CC1. The molecule has 1 saturated carbocycles. The molecule has 0 aromatic heterocycles. The van der Waals surface area contributed by atoms with Crippen molar-refractivity contribution in [2.24, 2.45) is 5.92 Å². The maximum absolute atomic E-state index is 12.1. The zero-order chi connectivity index (χ0) is 17.1. The summed E-state index contributed by atoms with van der Waals surface area (Å²) in [5.41, 5.74) is 2.78. The molecule has 2 aromatic rings. The number of nitrogens with one attached hydrogen (secondary N) is 3. The molecular weight excluding hydrogens is 326 g/mol. The van der Waals surface area contributed by atoms with Gasteiger partial charge < -0.3 is 16.0 Å². The Morgan fingerprint density at radius 1 is 1.00 bits per heavy atom. The van der Waals surface area contributed by atoms with Crippen molar-refractivity contribution in [2.75, 3.05) is 16.0 Å². The third kappa shape index (κ3) is 4.06. The van der Waals surface area contributed by atoms with Gasteiger partial charge in [0.05, 0.1) is 0 Å². The van der Waals surface area contributed by atoms with E-state index in [0.29, 0.717) is 22.1 Å². The van der Waals surface area contributed by atoms with E-state index < -0.39 is 0 Å². The molecule has 0 heterocycles. The number of urea groups is 1. The van der Waals surface area contributed by atoms with Gasteiger partial charge in [0.1, 0.15) is 0 Å². The topological polar surface area (TPSA) is 70.2 Å². The smallest absolute Gasteiger partial charge is 0.323 e. The number of amides is 3. The van der Waals surface area contributed by atoms with Crippen LogP contribution in [0.2, 0.25) is 5.02 Å². The van der Waals surface area contributed by atoms with Gasteiger partial charge in [0.25, 0.3) is 0 Å². The molecule has 124 valence electrons. The fraction of sp³-hybridized carbons (Fsp3) is 0.222. The summed E-state index contributed by atoms with van der Waals surface area (Å²) in [6.45, 7) is 1.86. The van der Waals surface area contributed by atoms with Crippen LogP contribution in [-0.4, -0.2) is 11.9 Å². The van der Waals surface area contributed by atoms with Crippen LogP contribution in [0.3, 0.4) is 0 Å². The van der Waals surface area contributed by atoms with Crippen molar-refractivity contribution in [1.82, 2.24) is 0 Å². The van der Waals surface area contributed by atoms with E-state index in [2.05, 4.69) is 16.0 Å². The molecule has 3 amide bonds. The average Bonchev–Trinajstić information content (AvgIpc) is 3.36. The molecule has 0 bridgehead atoms. The van der Waals surface area contributed by atoms with Crippen molar-refractivity contribution in [2.45, 2.75) is 19.8 Å². The zero-order valence-corrected chi connectivity index (χ0v) is 14.0. The summed E-state index contributed by atoms with van der Waals surface area (Å²) in [4.78, 5) is 24.1. The van der Waals surface area contributed by atoms with E-state index in [1.54, 1.807) is 36.4 Å². The van der Waals surface area contributed by atoms with E-state index in [-0.39, 0.29) is 17.9 Å². The monoisotopic (exact) mass is 343 g/mol. The van der Waals surface area contributed by atoms with Crippen molar-refractivity contribution in [3.05, 3.63) is 53.1 Å². The molecule has 2 aromatic carbocycles. The maximum atomic E-state index is 12.1. The van der Waals surface area contributed by atoms with Gasteiger partial charge in [-0.3, -0.25) is 4.79 Å². The summed E-state index contributed by atoms with van der Waals surface area (Å²) >= 11 is 5.90. The fourth-order valence-corrected chi connectivity index (χ4v) is 2.53. The van der Waals surface area contributed by atoms with E-state index in [9.17, 15) is 9.59 Å². The molecule has 0 radical (unpaired) electrons. The highest BCUT2D eigenvalue weighted by Gasteiger charge is 2.29. The minimum absolute atomic E-state index is 0.0404. The van der Waals surface area contributed by atoms with Crippen LogP contribution in [0.5, 0.6) is 0 Å². The lowest BCUT2D eigenvalue weighted by atomic mass is 10.1. The number of benzene rings is 2. The number of carbonyl (C=O) groups is 2. The number of halogens is 1. The molecule has 5 nitrogen and oxygen atoms in total. The largest absolute Gasteiger partial charge is 0.326 e. The lowest BCUT2D eigenvalue weighted by Gasteiger charge is -2.14. The highest BCUT2D eigenvalue weighted by molar-refractivity contribution is 6.30.